The summed E-state index contributed by atoms with van der Waals surface area (Å²) >= 11 is 0. The van der Waals surface area contributed by atoms with Gasteiger partial charge in [0.05, 0.1) is 0 Å². The molecule has 1 heterocycles. The number of hydrogen-bond donors (Lipinski definition) is 2. The van der Waals surface area contributed by atoms with Gasteiger partial charge in [-0.3, -0.25) is 0 Å². The maximum Gasteiger partial charge on any atom is 0.00914 e. The Kier molecular flexibility index (Phi) is 3.53. The zero-order chi connectivity index (χ0) is 9.03. The van der Waals surface area contributed by atoms with E-state index >= 15 is 0 Å². The standard InChI is InChI=1S/C10H22N2/c1-10(2,3)8-12-9-4-6-11-7-5-9/h9,11-12H,4-8H2,1-3H3. The van der Waals surface area contributed by atoms with Crippen LogP contribution in [-0.4, -0.2) is 25.7 Å². The Balaban J connectivity index is 2.13. The van der Waals surface area contributed by atoms with Gasteiger partial charge in [-0.25, -0.2) is 0 Å². The lowest BCUT2D eigenvalue weighted by Gasteiger charge is -2.27. The van der Waals surface area contributed by atoms with Crippen LogP contribution in [0.15, 0.2) is 0 Å². The molecule has 0 aromatic rings. The van der Waals surface area contributed by atoms with Gasteiger partial charge in [-0.2, -0.15) is 0 Å². The molecule has 0 aliphatic carbocycles. The fourth-order valence-corrected chi connectivity index (χ4v) is 1.48. The third-order valence-electron chi connectivity index (χ3n) is 2.26. The van der Waals surface area contributed by atoms with Gasteiger partial charge >= 0.3 is 0 Å². The summed E-state index contributed by atoms with van der Waals surface area (Å²) < 4.78 is 0. The Morgan fingerprint density at radius 1 is 1.25 bits per heavy atom. The zero-order valence-electron chi connectivity index (χ0n) is 8.61. The van der Waals surface area contributed by atoms with Crippen molar-refractivity contribution in [1.29, 1.82) is 0 Å². The Morgan fingerprint density at radius 2 is 1.83 bits per heavy atom. The topological polar surface area (TPSA) is 24.1 Å². The van der Waals surface area contributed by atoms with Crippen LogP contribution in [0.5, 0.6) is 0 Å². The molecule has 12 heavy (non-hydrogen) atoms. The van der Waals surface area contributed by atoms with E-state index in [0.29, 0.717) is 5.41 Å². The summed E-state index contributed by atoms with van der Waals surface area (Å²) in [5, 5.41) is 6.99. The summed E-state index contributed by atoms with van der Waals surface area (Å²) in [4.78, 5) is 0. The number of nitrogens with one attached hydrogen (secondary N) is 2. The normalized spacial score (nSPS) is 21.2. The predicted molar refractivity (Wildman–Crippen MR) is 53.3 cm³/mol. The van der Waals surface area contributed by atoms with Crippen LogP contribution in [0.25, 0.3) is 0 Å². The highest BCUT2D eigenvalue weighted by Crippen LogP contribution is 2.12. The summed E-state index contributed by atoms with van der Waals surface area (Å²) in [5.41, 5.74) is 0.422. The van der Waals surface area contributed by atoms with Crippen LogP contribution in [-0.2, 0) is 0 Å². The first kappa shape index (κ1) is 10.0. The summed E-state index contributed by atoms with van der Waals surface area (Å²) in [6.07, 6.45) is 2.58. The van der Waals surface area contributed by atoms with E-state index in [1.54, 1.807) is 0 Å². The van der Waals surface area contributed by atoms with Crippen LogP contribution < -0.4 is 10.6 Å². The Bertz CT molecular complexity index is 120. The van der Waals surface area contributed by atoms with Crippen molar-refractivity contribution in [3.63, 3.8) is 0 Å². The van der Waals surface area contributed by atoms with Crippen molar-refractivity contribution in [2.24, 2.45) is 5.41 Å². The minimum atomic E-state index is 0.422. The van der Waals surface area contributed by atoms with Gasteiger partial charge in [0.1, 0.15) is 0 Å². The highest BCUT2D eigenvalue weighted by atomic mass is 15.0. The molecule has 1 fully saturated rings. The Hall–Kier alpha value is -0.0800. The van der Waals surface area contributed by atoms with Crippen LogP contribution in [0.4, 0.5) is 0 Å². The second-order valence-corrected chi connectivity index (χ2v) is 4.97. The quantitative estimate of drug-likeness (QED) is 0.654. The van der Waals surface area contributed by atoms with E-state index in [-0.39, 0.29) is 0 Å². The minimum absolute atomic E-state index is 0.422. The zero-order valence-corrected chi connectivity index (χ0v) is 8.61. The van der Waals surface area contributed by atoms with Gasteiger partial charge in [0.2, 0.25) is 0 Å². The summed E-state index contributed by atoms with van der Waals surface area (Å²) in [6.45, 7) is 10.3. The third-order valence-corrected chi connectivity index (χ3v) is 2.26. The fourth-order valence-electron chi connectivity index (χ4n) is 1.48. The fraction of sp³-hybridized carbons (Fsp3) is 1.00. The molecule has 0 unspecified atom stereocenters. The van der Waals surface area contributed by atoms with Crippen LogP contribution in [0.3, 0.4) is 0 Å². The van der Waals surface area contributed by atoms with Crippen molar-refractivity contribution < 1.29 is 0 Å². The molecular weight excluding hydrogens is 148 g/mol. The molecule has 1 rings (SSSR count). The summed E-state index contributed by atoms with van der Waals surface area (Å²) in [7, 11) is 0. The van der Waals surface area contributed by atoms with E-state index in [1.807, 2.05) is 0 Å². The van der Waals surface area contributed by atoms with Gasteiger partial charge in [0.25, 0.3) is 0 Å². The van der Waals surface area contributed by atoms with Crippen LogP contribution >= 0.6 is 0 Å². The van der Waals surface area contributed by atoms with Gasteiger partial charge in [-0.05, 0) is 31.3 Å². The van der Waals surface area contributed by atoms with E-state index in [9.17, 15) is 0 Å². The molecule has 2 nitrogen and oxygen atoms in total. The monoisotopic (exact) mass is 170 g/mol. The van der Waals surface area contributed by atoms with Crippen LogP contribution in [0, 0.1) is 5.41 Å². The maximum absolute atomic E-state index is 3.62. The first-order chi connectivity index (χ1) is 5.58. The second-order valence-electron chi connectivity index (χ2n) is 4.97. The molecule has 0 spiro atoms. The van der Waals surface area contributed by atoms with Crippen LogP contribution in [0.1, 0.15) is 33.6 Å². The molecule has 0 radical (unpaired) electrons. The van der Waals surface area contributed by atoms with E-state index in [2.05, 4.69) is 31.4 Å². The average molecular weight is 170 g/mol. The Labute approximate surface area is 76.1 Å². The van der Waals surface area contributed by atoms with Crippen molar-refractivity contribution in [3.05, 3.63) is 0 Å². The van der Waals surface area contributed by atoms with Crippen LogP contribution in [0.2, 0.25) is 0 Å². The third kappa shape index (κ3) is 4.07. The second kappa shape index (κ2) is 4.24. The number of piperidine rings is 1. The van der Waals surface area contributed by atoms with E-state index in [0.717, 1.165) is 12.6 Å². The van der Waals surface area contributed by atoms with E-state index in [4.69, 9.17) is 0 Å². The molecule has 0 bridgehead atoms. The Morgan fingerprint density at radius 3 is 2.33 bits per heavy atom. The van der Waals surface area contributed by atoms with Gasteiger partial charge in [0.15, 0.2) is 0 Å². The summed E-state index contributed by atoms with van der Waals surface area (Å²) in [6, 6.07) is 0.755. The molecule has 2 N–H and O–H groups in total. The molecule has 72 valence electrons. The molecular formula is C10H22N2. The highest BCUT2D eigenvalue weighted by molar-refractivity contribution is 4.76. The molecule has 0 aromatic heterocycles. The molecule has 0 amide bonds. The maximum atomic E-state index is 3.62. The van der Waals surface area contributed by atoms with Crippen molar-refractivity contribution >= 4 is 0 Å². The average Bonchev–Trinajstić information content (AvgIpc) is 2.02. The number of hydrogen-bond acceptors (Lipinski definition) is 2. The lowest BCUT2D eigenvalue weighted by Crippen LogP contribution is -2.42. The van der Waals surface area contributed by atoms with Gasteiger partial charge in [-0.15, -0.1) is 0 Å². The molecule has 2 heteroatoms. The smallest absolute Gasteiger partial charge is 0.00914 e. The SMILES string of the molecule is CC(C)(C)CNC1CCNCC1. The van der Waals surface area contributed by atoms with Crippen molar-refractivity contribution in [1.82, 2.24) is 10.6 Å². The largest absolute Gasteiger partial charge is 0.317 e. The predicted octanol–water partition coefficient (Wildman–Crippen LogP) is 1.37. The molecule has 0 aromatic carbocycles. The van der Waals surface area contributed by atoms with E-state index < -0.39 is 0 Å². The van der Waals surface area contributed by atoms with Gasteiger partial charge in [0, 0.05) is 12.6 Å². The molecule has 0 saturated carbocycles. The molecule has 1 aliphatic heterocycles. The first-order valence-electron chi connectivity index (χ1n) is 5.02. The van der Waals surface area contributed by atoms with Crippen molar-refractivity contribution in [2.75, 3.05) is 19.6 Å². The highest BCUT2D eigenvalue weighted by Gasteiger charge is 2.15. The molecule has 1 aliphatic rings. The van der Waals surface area contributed by atoms with Gasteiger partial charge < -0.3 is 10.6 Å². The summed E-state index contributed by atoms with van der Waals surface area (Å²) in [5.74, 6) is 0. The number of rotatable bonds is 2. The lowest BCUT2D eigenvalue weighted by molar-refractivity contribution is 0.314. The lowest BCUT2D eigenvalue weighted by atomic mass is 9.95. The van der Waals surface area contributed by atoms with Gasteiger partial charge in [-0.1, -0.05) is 20.8 Å². The van der Waals surface area contributed by atoms with Crippen molar-refractivity contribution in [2.45, 2.75) is 39.7 Å². The molecule has 1 saturated heterocycles. The van der Waals surface area contributed by atoms with E-state index in [1.165, 1.54) is 25.9 Å². The van der Waals surface area contributed by atoms with Crippen molar-refractivity contribution in [3.8, 4) is 0 Å². The first-order valence-corrected chi connectivity index (χ1v) is 5.02. The minimum Gasteiger partial charge on any atom is -0.317 e. The molecule has 0 atom stereocenters.